The maximum absolute atomic E-state index is 12.1. The van der Waals surface area contributed by atoms with Gasteiger partial charge < -0.3 is 20.5 Å². The predicted molar refractivity (Wildman–Crippen MR) is 99.3 cm³/mol. The van der Waals surface area contributed by atoms with Gasteiger partial charge in [-0.25, -0.2) is 4.98 Å². The third-order valence-electron chi connectivity index (χ3n) is 3.75. The number of hydrogen-bond acceptors (Lipinski definition) is 5. The highest BCUT2D eigenvalue weighted by molar-refractivity contribution is 5.98. The first-order valence-electron chi connectivity index (χ1n) is 8.05. The summed E-state index contributed by atoms with van der Waals surface area (Å²) in [6.45, 7) is 0.385. The first kappa shape index (κ1) is 17.3. The number of hydrogen-bond donors (Lipinski definition) is 2. The van der Waals surface area contributed by atoms with Gasteiger partial charge in [-0.05, 0) is 54.1 Å². The fourth-order valence-electron chi connectivity index (χ4n) is 2.34. The minimum atomic E-state index is -0.255. The number of amides is 1. The van der Waals surface area contributed by atoms with E-state index in [0.29, 0.717) is 17.9 Å². The van der Waals surface area contributed by atoms with Crippen LogP contribution in [0.4, 0.5) is 5.82 Å². The number of methoxy groups -OCH3 is 1. The largest absolute Gasteiger partial charge is 0.497 e. The molecule has 2 aromatic carbocycles. The Hall–Kier alpha value is -3.54. The second kappa shape index (κ2) is 8.02. The van der Waals surface area contributed by atoms with Gasteiger partial charge in [-0.3, -0.25) is 4.79 Å². The van der Waals surface area contributed by atoms with E-state index in [1.54, 1.807) is 25.4 Å². The van der Waals surface area contributed by atoms with E-state index in [1.807, 2.05) is 48.5 Å². The van der Waals surface area contributed by atoms with Crippen LogP contribution in [-0.4, -0.2) is 18.0 Å². The summed E-state index contributed by atoms with van der Waals surface area (Å²) in [7, 11) is 1.62. The van der Waals surface area contributed by atoms with Crippen molar-refractivity contribution >= 4 is 11.7 Å². The zero-order chi connectivity index (χ0) is 18.4. The molecule has 3 rings (SSSR count). The molecule has 0 bridgehead atoms. The van der Waals surface area contributed by atoms with Crippen molar-refractivity contribution in [1.82, 2.24) is 10.3 Å². The Balaban J connectivity index is 1.57. The molecule has 1 aromatic heterocycles. The molecule has 0 aliphatic rings. The molecule has 0 saturated heterocycles. The highest BCUT2D eigenvalue weighted by Crippen LogP contribution is 2.24. The molecule has 3 N–H and O–H groups in total. The number of nitrogen functional groups attached to an aromatic ring is 1. The number of anilines is 1. The SMILES string of the molecule is COc1ccc(Oc2ccc(CNC(=O)c3cccnc3N)cc2)cc1. The lowest BCUT2D eigenvalue weighted by atomic mass is 10.2. The molecule has 6 nitrogen and oxygen atoms in total. The van der Waals surface area contributed by atoms with Crippen molar-refractivity contribution in [1.29, 1.82) is 0 Å². The van der Waals surface area contributed by atoms with Gasteiger partial charge in [-0.2, -0.15) is 0 Å². The highest BCUT2D eigenvalue weighted by Gasteiger charge is 2.09. The Labute approximate surface area is 151 Å². The zero-order valence-electron chi connectivity index (χ0n) is 14.3. The quantitative estimate of drug-likeness (QED) is 0.712. The summed E-state index contributed by atoms with van der Waals surface area (Å²) >= 11 is 0. The molecule has 6 heteroatoms. The van der Waals surface area contributed by atoms with Gasteiger partial charge in [-0.1, -0.05) is 12.1 Å². The van der Waals surface area contributed by atoms with E-state index in [4.69, 9.17) is 15.2 Å². The first-order chi connectivity index (χ1) is 12.7. The Morgan fingerprint density at radius 3 is 2.23 bits per heavy atom. The lowest BCUT2D eigenvalue weighted by Gasteiger charge is -2.09. The molecule has 0 atom stereocenters. The van der Waals surface area contributed by atoms with Gasteiger partial charge in [0.25, 0.3) is 5.91 Å². The summed E-state index contributed by atoms with van der Waals surface area (Å²) in [6, 6.07) is 18.2. The van der Waals surface area contributed by atoms with Gasteiger partial charge in [0, 0.05) is 12.7 Å². The van der Waals surface area contributed by atoms with E-state index < -0.39 is 0 Å². The van der Waals surface area contributed by atoms with Crippen molar-refractivity contribution < 1.29 is 14.3 Å². The number of pyridine rings is 1. The maximum Gasteiger partial charge on any atom is 0.255 e. The molecule has 0 saturated carbocycles. The van der Waals surface area contributed by atoms with Crippen LogP contribution in [0.15, 0.2) is 66.9 Å². The number of carbonyl (C=O) groups excluding carboxylic acids is 1. The first-order valence-corrected chi connectivity index (χ1v) is 8.05. The van der Waals surface area contributed by atoms with Crippen LogP contribution in [0, 0.1) is 0 Å². The van der Waals surface area contributed by atoms with E-state index in [1.165, 1.54) is 0 Å². The van der Waals surface area contributed by atoms with Crippen molar-refractivity contribution in [2.75, 3.05) is 12.8 Å². The smallest absolute Gasteiger partial charge is 0.255 e. The van der Waals surface area contributed by atoms with Crippen molar-refractivity contribution in [2.24, 2.45) is 0 Å². The second-order valence-corrected chi connectivity index (χ2v) is 5.54. The molecule has 0 unspecified atom stereocenters. The molecule has 0 fully saturated rings. The molecule has 0 spiro atoms. The van der Waals surface area contributed by atoms with Gasteiger partial charge >= 0.3 is 0 Å². The lowest BCUT2D eigenvalue weighted by Crippen LogP contribution is -2.24. The van der Waals surface area contributed by atoms with Crippen LogP contribution in [0.3, 0.4) is 0 Å². The van der Waals surface area contributed by atoms with Gasteiger partial charge in [0.05, 0.1) is 12.7 Å². The van der Waals surface area contributed by atoms with E-state index in [2.05, 4.69) is 10.3 Å². The monoisotopic (exact) mass is 349 g/mol. The average molecular weight is 349 g/mol. The van der Waals surface area contributed by atoms with Crippen molar-refractivity contribution in [3.63, 3.8) is 0 Å². The lowest BCUT2D eigenvalue weighted by molar-refractivity contribution is 0.0951. The Kier molecular flexibility index (Phi) is 5.34. The summed E-state index contributed by atoms with van der Waals surface area (Å²) in [5.74, 6) is 2.17. The molecule has 1 heterocycles. The van der Waals surface area contributed by atoms with E-state index >= 15 is 0 Å². The van der Waals surface area contributed by atoms with Crippen LogP contribution in [0.1, 0.15) is 15.9 Å². The number of nitrogens with zero attached hydrogens (tertiary/aromatic N) is 1. The Bertz CT molecular complexity index is 878. The second-order valence-electron chi connectivity index (χ2n) is 5.54. The number of aromatic nitrogens is 1. The Morgan fingerprint density at radius 1 is 1.00 bits per heavy atom. The summed E-state index contributed by atoms with van der Waals surface area (Å²) in [4.78, 5) is 16.0. The number of ether oxygens (including phenoxy) is 2. The third kappa shape index (κ3) is 4.30. The predicted octanol–water partition coefficient (Wildman–Crippen LogP) is 3.39. The molecule has 0 aliphatic heterocycles. The van der Waals surface area contributed by atoms with Crippen LogP contribution in [0.25, 0.3) is 0 Å². The van der Waals surface area contributed by atoms with Crippen molar-refractivity contribution in [3.05, 3.63) is 78.0 Å². The standard InChI is InChI=1S/C20H19N3O3/c1-25-15-8-10-17(11-9-15)26-16-6-4-14(5-7-16)13-23-20(24)18-3-2-12-22-19(18)21/h2-12H,13H2,1H3,(H2,21,22)(H,23,24). The van der Waals surface area contributed by atoms with Gasteiger partial charge in [-0.15, -0.1) is 0 Å². The number of benzene rings is 2. The van der Waals surface area contributed by atoms with E-state index in [0.717, 1.165) is 17.1 Å². The molecular formula is C20H19N3O3. The minimum absolute atomic E-state index is 0.216. The summed E-state index contributed by atoms with van der Waals surface area (Å²) in [5, 5.41) is 2.82. The summed E-state index contributed by atoms with van der Waals surface area (Å²) in [6.07, 6.45) is 1.55. The van der Waals surface area contributed by atoms with Crippen molar-refractivity contribution in [3.8, 4) is 17.2 Å². The van der Waals surface area contributed by atoms with Gasteiger partial charge in [0.1, 0.15) is 23.1 Å². The number of carbonyl (C=O) groups is 1. The fourth-order valence-corrected chi connectivity index (χ4v) is 2.34. The van der Waals surface area contributed by atoms with E-state index in [-0.39, 0.29) is 11.7 Å². The number of rotatable bonds is 6. The highest BCUT2D eigenvalue weighted by atomic mass is 16.5. The zero-order valence-corrected chi connectivity index (χ0v) is 14.3. The van der Waals surface area contributed by atoms with Crippen molar-refractivity contribution in [2.45, 2.75) is 6.54 Å². The van der Waals surface area contributed by atoms with Crippen LogP contribution >= 0.6 is 0 Å². The third-order valence-corrected chi connectivity index (χ3v) is 3.75. The van der Waals surface area contributed by atoms with Crippen LogP contribution in [0.2, 0.25) is 0 Å². The molecular weight excluding hydrogens is 330 g/mol. The van der Waals surface area contributed by atoms with Crippen LogP contribution < -0.4 is 20.5 Å². The average Bonchev–Trinajstić information content (AvgIpc) is 2.68. The molecule has 0 aliphatic carbocycles. The van der Waals surface area contributed by atoms with Gasteiger partial charge in [0.15, 0.2) is 0 Å². The topological polar surface area (TPSA) is 86.5 Å². The molecule has 0 radical (unpaired) electrons. The fraction of sp³-hybridized carbons (Fsp3) is 0.100. The van der Waals surface area contributed by atoms with E-state index in [9.17, 15) is 4.79 Å². The van der Waals surface area contributed by atoms with Gasteiger partial charge in [0.2, 0.25) is 0 Å². The molecule has 1 amide bonds. The summed E-state index contributed by atoms with van der Waals surface area (Å²) < 4.78 is 10.9. The summed E-state index contributed by atoms with van der Waals surface area (Å²) in [5.41, 5.74) is 7.02. The maximum atomic E-state index is 12.1. The van der Waals surface area contributed by atoms with Crippen LogP contribution in [-0.2, 0) is 6.54 Å². The molecule has 132 valence electrons. The Morgan fingerprint density at radius 2 is 1.62 bits per heavy atom. The normalized spacial score (nSPS) is 10.2. The van der Waals surface area contributed by atoms with Crippen LogP contribution in [0.5, 0.6) is 17.2 Å². The number of nitrogens with two attached hydrogens (primary N) is 1. The molecule has 26 heavy (non-hydrogen) atoms. The number of nitrogens with one attached hydrogen (secondary N) is 1. The molecule has 3 aromatic rings. The minimum Gasteiger partial charge on any atom is -0.497 e.